The van der Waals surface area contributed by atoms with Crippen molar-refractivity contribution >= 4 is 17.7 Å². The van der Waals surface area contributed by atoms with Crippen LogP contribution in [0.3, 0.4) is 0 Å². The third kappa shape index (κ3) is 4.63. The summed E-state index contributed by atoms with van der Waals surface area (Å²) in [6, 6.07) is 6.66. The molecule has 6 nitrogen and oxygen atoms in total. The molecule has 1 aromatic carbocycles. The van der Waals surface area contributed by atoms with Crippen LogP contribution in [0.4, 0.5) is 0 Å². The quantitative estimate of drug-likeness (QED) is 0.781. The van der Waals surface area contributed by atoms with Crippen molar-refractivity contribution in [2.24, 2.45) is 0 Å². The van der Waals surface area contributed by atoms with Gasteiger partial charge >= 0.3 is 0 Å². The first kappa shape index (κ1) is 18.9. The van der Waals surface area contributed by atoms with Gasteiger partial charge in [-0.25, -0.2) is 4.68 Å². The molecule has 0 spiro atoms. The van der Waals surface area contributed by atoms with Gasteiger partial charge in [-0.1, -0.05) is 49.2 Å². The van der Waals surface area contributed by atoms with Crippen molar-refractivity contribution < 1.29 is 4.79 Å². The molecule has 7 heteroatoms. The molecule has 1 saturated carbocycles. The number of hydrogen-bond acceptors (Lipinski definition) is 5. The lowest BCUT2D eigenvalue weighted by Gasteiger charge is -2.22. The van der Waals surface area contributed by atoms with Crippen LogP contribution >= 0.6 is 11.8 Å². The summed E-state index contributed by atoms with van der Waals surface area (Å²) in [4.78, 5) is 12.4. The number of nitrogens with zero attached hydrogens (tertiary/aromatic N) is 4. The van der Waals surface area contributed by atoms with Crippen molar-refractivity contribution in [1.82, 2.24) is 25.5 Å². The van der Waals surface area contributed by atoms with E-state index in [1.54, 1.807) is 0 Å². The van der Waals surface area contributed by atoms with E-state index in [9.17, 15) is 4.79 Å². The molecule has 0 bridgehead atoms. The van der Waals surface area contributed by atoms with Crippen molar-refractivity contribution in [3.63, 3.8) is 0 Å². The van der Waals surface area contributed by atoms with E-state index in [2.05, 4.69) is 52.9 Å². The first-order valence-corrected chi connectivity index (χ1v) is 10.3. The number of carbonyl (C=O) groups excluding carboxylic acids is 1. The summed E-state index contributed by atoms with van der Waals surface area (Å²) in [6.07, 6.45) is 5.98. The molecule has 0 aliphatic heterocycles. The Morgan fingerprint density at radius 1 is 1.27 bits per heavy atom. The van der Waals surface area contributed by atoms with Gasteiger partial charge in [0.15, 0.2) is 0 Å². The van der Waals surface area contributed by atoms with Crippen LogP contribution in [0, 0.1) is 13.8 Å². The van der Waals surface area contributed by atoms with Crippen molar-refractivity contribution in [2.45, 2.75) is 70.1 Å². The van der Waals surface area contributed by atoms with Gasteiger partial charge in [-0.3, -0.25) is 4.79 Å². The van der Waals surface area contributed by atoms with E-state index in [1.165, 1.54) is 42.2 Å². The predicted octanol–water partition coefficient (Wildman–Crippen LogP) is 3.76. The number of aryl methyl sites for hydroxylation is 2. The number of rotatable bonds is 6. The van der Waals surface area contributed by atoms with E-state index in [-0.39, 0.29) is 11.9 Å². The molecule has 1 heterocycles. The second-order valence-electron chi connectivity index (χ2n) is 7.12. The Kier molecular flexibility index (Phi) is 6.29. The number of carbonyl (C=O) groups is 1. The molecule has 1 unspecified atom stereocenters. The average molecular weight is 374 g/mol. The highest BCUT2D eigenvalue weighted by atomic mass is 32.2. The molecule has 0 radical (unpaired) electrons. The third-order valence-electron chi connectivity index (χ3n) is 5.12. The van der Waals surface area contributed by atoms with Crippen LogP contribution in [0.2, 0.25) is 0 Å². The molecule has 1 aliphatic carbocycles. The summed E-state index contributed by atoms with van der Waals surface area (Å²) in [5.74, 6) is 0.321. The highest BCUT2D eigenvalue weighted by molar-refractivity contribution is 7.99. The highest BCUT2D eigenvalue weighted by Crippen LogP contribution is 2.30. The fourth-order valence-corrected chi connectivity index (χ4v) is 4.12. The Hall–Kier alpha value is -1.89. The lowest BCUT2D eigenvalue weighted by molar-refractivity contribution is -0.119. The Balaban J connectivity index is 1.54. The topological polar surface area (TPSA) is 72.7 Å². The van der Waals surface area contributed by atoms with Gasteiger partial charge in [0.2, 0.25) is 11.1 Å². The van der Waals surface area contributed by atoms with Gasteiger partial charge in [0.1, 0.15) is 0 Å². The second-order valence-corrected chi connectivity index (χ2v) is 8.06. The molecule has 2 aromatic rings. The second kappa shape index (κ2) is 8.66. The normalized spacial score (nSPS) is 16.4. The maximum absolute atomic E-state index is 12.4. The lowest BCUT2D eigenvalue weighted by atomic mass is 9.96. The number of thioether (sulfide) groups is 1. The Morgan fingerprint density at radius 2 is 2.04 bits per heavy atom. The molecule has 1 aliphatic rings. The molecule has 26 heavy (non-hydrogen) atoms. The van der Waals surface area contributed by atoms with Gasteiger partial charge in [0, 0.05) is 0 Å². The minimum Gasteiger partial charge on any atom is -0.349 e. The van der Waals surface area contributed by atoms with E-state index in [4.69, 9.17) is 0 Å². The van der Waals surface area contributed by atoms with Crippen molar-refractivity contribution in [3.05, 3.63) is 34.9 Å². The molecule has 1 aromatic heterocycles. The summed E-state index contributed by atoms with van der Waals surface area (Å²) in [6.45, 7) is 6.20. The largest absolute Gasteiger partial charge is 0.349 e. The molecule has 1 N–H and O–H groups in total. The van der Waals surface area contributed by atoms with Gasteiger partial charge in [0.25, 0.3) is 0 Å². The summed E-state index contributed by atoms with van der Waals surface area (Å²) < 4.78 is 1.91. The SMILES string of the molecule is Cc1ccc(C(C)NC(=O)CSc2nnnn2C2CCCCC2)cc1C. The Morgan fingerprint density at radius 3 is 2.77 bits per heavy atom. The van der Waals surface area contributed by atoms with E-state index >= 15 is 0 Å². The zero-order valence-corrected chi connectivity index (χ0v) is 16.6. The standard InChI is InChI=1S/C19H27N5OS/c1-13-9-10-16(11-14(13)2)15(3)20-18(25)12-26-19-21-22-23-24(19)17-7-5-4-6-8-17/h9-11,15,17H,4-8,12H2,1-3H3,(H,20,25). The highest BCUT2D eigenvalue weighted by Gasteiger charge is 2.21. The molecular formula is C19H27N5OS. The molecule has 3 rings (SSSR count). The van der Waals surface area contributed by atoms with E-state index in [1.807, 2.05) is 11.6 Å². The summed E-state index contributed by atoms with van der Waals surface area (Å²) >= 11 is 1.41. The van der Waals surface area contributed by atoms with Crippen LogP contribution < -0.4 is 5.32 Å². The fourth-order valence-electron chi connectivity index (χ4n) is 3.37. The summed E-state index contributed by atoms with van der Waals surface area (Å²) in [7, 11) is 0. The zero-order chi connectivity index (χ0) is 18.5. The van der Waals surface area contributed by atoms with E-state index in [0.717, 1.165) is 23.6 Å². The van der Waals surface area contributed by atoms with E-state index in [0.29, 0.717) is 11.8 Å². The third-order valence-corrected chi connectivity index (χ3v) is 6.06. The average Bonchev–Trinajstić information content (AvgIpc) is 3.11. The van der Waals surface area contributed by atoms with Crippen LogP contribution in [-0.4, -0.2) is 31.9 Å². The van der Waals surface area contributed by atoms with E-state index < -0.39 is 0 Å². The van der Waals surface area contributed by atoms with Gasteiger partial charge in [-0.15, -0.1) is 5.10 Å². The van der Waals surface area contributed by atoms with Crippen LogP contribution in [0.1, 0.15) is 67.8 Å². The number of tetrazole rings is 1. The van der Waals surface area contributed by atoms with Crippen molar-refractivity contribution in [3.8, 4) is 0 Å². The molecule has 1 fully saturated rings. The van der Waals surface area contributed by atoms with Gasteiger partial charge in [-0.05, 0) is 60.7 Å². The monoisotopic (exact) mass is 373 g/mol. The number of hydrogen-bond donors (Lipinski definition) is 1. The first-order valence-electron chi connectivity index (χ1n) is 9.32. The number of aromatic nitrogens is 4. The molecule has 1 atom stereocenters. The maximum Gasteiger partial charge on any atom is 0.230 e. The first-order chi connectivity index (χ1) is 12.5. The number of amides is 1. The summed E-state index contributed by atoms with van der Waals surface area (Å²) in [5.41, 5.74) is 3.63. The molecule has 1 amide bonds. The fraction of sp³-hybridized carbons (Fsp3) is 0.579. The molecular weight excluding hydrogens is 346 g/mol. The number of benzene rings is 1. The molecule has 140 valence electrons. The van der Waals surface area contributed by atoms with Crippen LogP contribution in [0.25, 0.3) is 0 Å². The van der Waals surface area contributed by atoms with Crippen molar-refractivity contribution in [2.75, 3.05) is 5.75 Å². The lowest BCUT2D eigenvalue weighted by Crippen LogP contribution is -2.28. The van der Waals surface area contributed by atoms with Crippen LogP contribution in [0.15, 0.2) is 23.4 Å². The Bertz CT molecular complexity index is 754. The zero-order valence-electron chi connectivity index (χ0n) is 15.7. The predicted molar refractivity (Wildman–Crippen MR) is 103 cm³/mol. The minimum absolute atomic E-state index is 0.000998. The van der Waals surface area contributed by atoms with Crippen LogP contribution in [0.5, 0.6) is 0 Å². The summed E-state index contributed by atoms with van der Waals surface area (Å²) in [5, 5.41) is 15.9. The smallest absolute Gasteiger partial charge is 0.230 e. The van der Waals surface area contributed by atoms with Gasteiger partial charge in [-0.2, -0.15) is 0 Å². The minimum atomic E-state index is -0.0169. The molecule has 0 saturated heterocycles. The Labute approximate surface area is 159 Å². The van der Waals surface area contributed by atoms with Gasteiger partial charge in [0.05, 0.1) is 17.8 Å². The van der Waals surface area contributed by atoms with Gasteiger partial charge < -0.3 is 5.32 Å². The van der Waals surface area contributed by atoms with Crippen LogP contribution in [-0.2, 0) is 4.79 Å². The number of nitrogens with one attached hydrogen (secondary N) is 1. The van der Waals surface area contributed by atoms with Crippen molar-refractivity contribution in [1.29, 1.82) is 0 Å². The maximum atomic E-state index is 12.4.